The van der Waals surface area contributed by atoms with Gasteiger partial charge in [0.2, 0.25) is 5.91 Å². The molecule has 0 aromatic carbocycles. The van der Waals surface area contributed by atoms with Crippen molar-refractivity contribution < 1.29 is 22.7 Å². The molecule has 2 heterocycles. The van der Waals surface area contributed by atoms with Gasteiger partial charge in [0.1, 0.15) is 6.04 Å². The van der Waals surface area contributed by atoms with Crippen molar-refractivity contribution in [2.45, 2.75) is 37.9 Å². The van der Waals surface area contributed by atoms with Gasteiger partial charge in [-0.2, -0.15) is 18.3 Å². The SMILES string of the molecule is CC(C(=O)N1CCOCC1)n1nc(C(F)(F)F)c(Cl)c1C1CC1. The minimum absolute atomic E-state index is 0.0500. The fourth-order valence-corrected chi connectivity index (χ4v) is 3.17. The Morgan fingerprint density at radius 2 is 1.96 bits per heavy atom. The van der Waals surface area contributed by atoms with Crippen LogP contribution in [0.1, 0.15) is 43.1 Å². The van der Waals surface area contributed by atoms with Crippen molar-refractivity contribution in [2.24, 2.45) is 0 Å². The Morgan fingerprint density at radius 3 is 2.48 bits per heavy atom. The lowest BCUT2D eigenvalue weighted by Crippen LogP contribution is -2.44. The van der Waals surface area contributed by atoms with E-state index in [9.17, 15) is 18.0 Å². The van der Waals surface area contributed by atoms with Crippen LogP contribution < -0.4 is 0 Å². The fourth-order valence-electron chi connectivity index (χ4n) is 2.78. The lowest BCUT2D eigenvalue weighted by Gasteiger charge is -2.29. The summed E-state index contributed by atoms with van der Waals surface area (Å²) in [5.41, 5.74) is -0.782. The average Bonchev–Trinajstić information content (AvgIpc) is 3.28. The molecule has 0 radical (unpaired) electrons. The van der Waals surface area contributed by atoms with Gasteiger partial charge < -0.3 is 9.64 Å². The van der Waals surface area contributed by atoms with E-state index in [4.69, 9.17) is 16.3 Å². The van der Waals surface area contributed by atoms with Gasteiger partial charge in [-0.25, -0.2) is 0 Å². The van der Waals surface area contributed by atoms with Gasteiger partial charge in [-0.05, 0) is 19.8 Å². The number of rotatable bonds is 3. The first-order valence-corrected chi connectivity index (χ1v) is 7.90. The van der Waals surface area contributed by atoms with Crippen LogP contribution in [0, 0.1) is 0 Å². The second-order valence-electron chi connectivity index (χ2n) is 5.88. The van der Waals surface area contributed by atoms with Crippen LogP contribution in [-0.2, 0) is 15.7 Å². The van der Waals surface area contributed by atoms with Gasteiger partial charge in [0.05, 0.1) is 23.9 Å². The van der Waals surface area contributed by atoms with Crippen LogP contribution in [-0.4, -0.2) is 46.9 Å². The summed E-state index contributed by atoms with van der Waals surface area (Å²) in [6.07, 6.45) is -3.10. The highest BCUT2D eigenvalue weighted by Gasteiger charge is 2.43. The van der Waals surface area contributed by atoms with Crippen LogP contribution in [0.15, 0.2) is 0 Å². The number of alkyl halides is 3. The van der Waals surface area contributed by atoms with E-state index in [-0.39, 0.29) is 16.8 Å². The molecule has 1 aromatic heterocycles. The number of amides is 1. The molecule has 23 heavy (non-hydrogen) atoms. The molecule has 0 bridgehead atoms. The normalized spacial score (nSPS) is 20.7. The lowest BCUT2D eigenvalue weighted by molar-refractivity contribution is -0.143. The van der Waals surface area contributed by atoms with Gasteiger partial charge in [0.25, 0.3) is 0 Å². The van der Waals surface area contributed by atoms with Crippen molar-refractivity contribution in [1.29, 1.82) is 0 Å². The maximum atomic E-state index is 13.1. The Labute approximate surface area is 136 Å². The number of nitrogens with zero attached hydrogens (tertiary/aromatic N) is 3. The molecular formula is C14H17ClF3N3O2. The molecule has 9 heteroatoms. The van der Waals surface area contributed by atoms with Crippen molar-refractivity contribution >= 4 is 17.5 Å². The first kappa shape index (κ1) is 16.6. The number of halogens is 4. The molecule has 2 aliphatic rings. The van der Waals surface area contributed by atoms with E-state index < -0.39 is 17.9 Å². The van der Waals surface area contributed by atoms with Gasteiger partial charge in [0, 0.05) is 19.0 Å². The highest BCUT2D eigenvalue weighted by molar-refractivity contribution is 6.32. The van der Waals surface area contributed by atoms with Crippen LogP contribution in [0.2, 0.25) is 5.02 Å². The van der Waals surface area contributed by atoms with E-state index in [0.29, 0.717) is 32.0 Å². The summed E-state index contributed by atoms with van der Waals surface area (Å²) in [4.78, 5) is 14.1. The van der Waals surface area contributed by atoms with E-state index >= 15 is 0 Å². The Kier molecular flexibility index (Phi) is 4.31. The highest BCUT2D eigenvalue weighted by atomic mass is 35.5. The minimum atomic E-state index is -4.63. The second-order valence-corrected chi connectivity index (χ2v) is 6.26. The molecule has 128 valence electrons. The molecule has 5 nitrogen and oxygen atoms in total. The molecule has 1 aliphatic carbocycles. The Balaban J connectivity index is 1.93. The number of ether oxygens (including phenoxy) is 1. The summed E-state index contributed by atoms with van der Waals surface area (Å²) < 4.78 is 45.6. The molecule has 1 amide bonds. The van der Waals surface area contributed by atoms with Crippen LogP contribution in [0.4, 0.5) is 13.2 Å². The number of carbonyl (C=O) groups excluding carboxylic acids is 1. The lowest BCUT2D eigenvalue weighted by atomic mass is 10.2. The van der Waals surface area contributed by atoms with Gasteiger partial charge >= 0.3 is 6.18 Å². The van der Waals surface area contributed by atoms with Crippen LogP contribution in [0.5, 0.6) is 0 Å². The molecule has 1 aliphatic heterocycles. The predicted octanol–water partition coefficient (Wildman–Crippen LogP) is 2.85. The molecule has 0 N–H and O–H groups in total. The summed E-state index contributed by atoms with van der Waals surface area (Å²) in [5.74, 6) is -0.311. The molecule has 2 fully saturated rings. The van der Waals surface area contributed by atoms with Crippen molar-refractivity contribution in [1.82, 2.24) is 14.7 Å². The molecule has 0 spiro atoms. The minimum Gasteiger partial charge on any atom is -0.378 e. The fraction of sp³-hybridized carbons (Fsp3) is 0.714. The molecular weight excluding hydrogens is 335 g/mol. The quantitative estimate of drug-likeness (QED) is 0.841. The van der Waals surface area contributed by atoms with Crippen molar-refractivity contribution in [2.75, 3.05) is 26.3 Å². The predicted molar refractivity (Wildman–Crippen MR) is 76.3 cm³/mol. The van der Waals surface area contributed by atoms with E-state index in [2.05, 4.69) is 5.10 Å². The third-order valence-corrected chi connectivity index (χ3v) is 4.54. The van der Waals surface area contributed by atoms with E-state index in [1.54, 1.807) is 11.8 Å². The van der Waals surface area contributed by atoms with Crippen molar-refractivity contribution in [3.63, 3.8) is 0 Å². The standard InChI is InChI=1S/C14H17ClF3N3O2/c1-8(13(22)20-4-6-23-7-5-20)21-11(9-2-3-9)10(15)12(19-21)14(16,17)18/h8-9H,2-7H2,1H3. The number of carbonyl (C=O) groups is 1. The third kappa shape index (κ3) is 3.19. The maximum Gasteiger partial charge on any atom is 0.436 e. The van der Waals surface area contributed by atoms with Crippen LogP contribution in [0.25, 0.3) is 0 Å². The van der Waals surface area contributed by atoms with Crippen LogP contribution in [0.3, 0.4) is 0 Å². The summed E-state index contributed by atoms with van der Waals surface area (Å²) in [6.45, 7) is 3.29. The third-order valence-electron chi connectivity index (χ3n) is 4.17. The maximum absolute atomic E-state index is 13.1. The summed E-state index contributed by atoms with van der Waals surface area (Å²) >= 11 is 5.94. The van der Waals surface area contributed by atoms with Gasteiger partial charge in [0.15, 0.2) is 5.69 Å². The van der Waals surface area contributed by atoms with E-state index in [0.717, 1.165) is 12.8 Å². The first-order chi connectivity index (χ1) is 10.8. The van der Waals surface area contributed by atoms with Crippen molar-refractivity contribution in [3.05, 3.63) is 16.4 Å². The molecule has 3 rings (SSSR count). The number of hydrogen-bond acceptors (Lipinski definition) is 3. The zero-order valence-electron chi connectivity index (χ0n) is 12.6. The smallest absolute Gasteiger partial charge is 0.378 e. The Hall–Kier alpha value is -1.28. The van der Waals surface area contributed by atoms with Crippen molar-refractivity contribution in [3.8, 4) is 0 Å². The Bertz CT molecular complexity index is 607. The zero-order chi connectivity index (χ0) is 16.8. The molecule has 1 unspecified atom stereocenters. The van der Waals surface area contributed by atoms with Gasteiger partial charge in [-0.1, -0.05) is 11.6 Å². The average molecular weight is 352 g/mol. The molecule has 1 aromatic rings. The number of morpholine rings is 1. The van der Waals surface area contributed by atoms with E-state index in [1.165, 1.54) is 4.68 Å². The van der Waals surface area contributed by atoms with E-state index in [1.807, 2.05) is 0 Å². The zero-order valence-corrected chi connectivity index (χ0v) is 13.3. The van der Waals surface area contributed by atoms with Gasteiger partial charge in [-0.15, -0.1) is 0 Å². The topological polar surface area (TPSA) is 47.4 Å². The second kappa shape index (κ2) is 5.98. The first-order valence-electron chi connectivity index (χ1n) is 7.52. The monoisotopic (exact) mass is 351 g/mol. The summed E-state index contributed by atoms with van der Waals surface area (Å²) in [7, 11) is 0. The van der Waals surface area contributed by atoms with Gasteiger partial charge in [-0.3, -0.25) is 9.48 Å². The summed E-state index contributed by atoms with van der Waals surface area (Å²) in [6, 6.07) is -0.822. The molecule has 1 saturated heterocycles. The number of aromatic nitrogens is 2. The number of hydrogen-bond donors (Lipinski definition) is 0. The summed E-state index contributed by atoms with van der Waals surface area (Å²) in [5, 5.41) is 3.27. The highest BCUT2D eigenvalue weighted by Crippen LogP contribution is 2.47. The van der Waals surface area contributed by atoms with Crippen LogP contribution >= 0.6 is 11.6 Å². The Morgan fingerprint density at radius 1 is 1.35 bits per heavy atom. The molecule has 1 saturated carbocycles. The molecule has 1 atom stereocenters. The largest absolute Gasteiger partial charge is 0.436 e.